The number of amides is 1. The molecule has 0 radical (unpaired) electrons. The van der Waals surface area contributed by atoms with E-state index in [-0.39, 0.29) is 11.4 Å². The fraction of sp³-hybridized carbons (Fsp3) is 0.769. The molecule has 1 rings (SSSR count). The molecule has 17 heavy (non-hydrogen) atoms. The lowest BCUT2D eigenvalue weighted by Crippen LogP contribution is -2.44. The van der Waals surface area contributed by atoms with E-state index < -0.39 is 0 Å². The van der Waals surface area contributed by atoms with Gasteiger partial charge in [-0.05, 0) is 27.8 Å². The van der Waals surface area contributed by atoms with Crippen molar-refractivity contribution in [2.24, 2.45) is 0 Å². The number of rotatable bonds is 3. The molecule has 1 saturated heterocycles. The van der Waals surface area contributed by atoms with E-state index in [2.05, 4.69) is 22.2 Å². The van der Waals surface area contributed by atoms with E-state index in [1.54, 1.807) is 6.08 Å². The Bertz CT molecular complexity index is 273. The summed E-state index contributed by atoms with van der Waals surface area (Å²) in [6, 6.07) is 0. The van der Waals surface area contributed by atoms with Crippen molar-refractivity contribution in [3.63, 3.8) is 0 Å². The lowest BCUT2D eigenvalue weighted by molar-refractivity contribution is -0.117. The van der Waals surface area contributed by atoms with E-state index in [4.69, 9.17) is 0 Å². The van der Waals surface area contributed by atoms with Crippen molar-refractivity contribution < 1.29 is 4.79 Å². The molecule has 4 nitrogen and oxygen atoms in total. The second-order valence-electron chi connectivity index (χ2n) is 5.75. The number of nitrogens with zero attached hydrogens (tertiary/aromatic N) is 2. The van der Waals surface area contributed by atoms with Gasteiger partial charge in [-0.15, -0.1) is 0 Å². The fourth-order valence-electron chi connectivity index (χ4n) is 1.75. The van der Waals surface area contributed by atoms with Crippen molar-refractivity contribution in [3.8, 4) is 0 Å². The van der Waals surface area contributed by atoms with E-state index in [0.717, 1.165) is 32.7 Å². The first-order valence-electron chi connectivity index (χ1n) is 6.26. The summed E-state index contributed by atoms with van der Waals surface area (Å²) < 4.78 is 0. The molecule has 0 unspecified atom stereocenters. The molecule has 0 atom stereocenters. The summed E-state index contributed by atoms with van der Waals surface area (Å²) in [6.07, 6.45) is 3.59. The van der Waals surface area contributed by atoms with Crippen molar-refractivity contribution in [3.05, 3.63) is 12.2 Å². The second-order valence-corrected chi connectivity index (χ2v) is 5.75. The highest BCUT2D eigenvalue weighted by atomic mass is 16.1. The normalized spacial score (nSPS) is 19.8. The molecule has 0 spiro atoms. The van der Waals surface area contributed by atoms with E-state index in [9.17, 15) is 4.79 Å². The third-order valence-electron chi connectivity index (χ3n) is 2.73. The standard InChI is InChI=1S/C13H25N3O/c1-13(2,3)14-12(17)6-5-7-16-10-8-15(4)9-11-16/h5-6H,7-11H2,1-4H3,(H,14,17)/b6-5+. The highest BCUT2D eigenvalue weighted by molar-refractivity contribution is 5.87. The summed E-state index contributed by atoms with van der Waals surface area (Å²) in [4.78, 5) is 16.2. The zero-order valence-electron chi connectivity index (χ0n) is 11.5. The first kappa shape index (κ1) is 14.2. The van der Waals surface area contributed by atoms with Gasteiger partial charge in [0.15, 0.2) is 0 Å². The van der Waals surface area contributed by atoms with Crippen molar-refractivity contribution in [1.82, 2.24) is 15.1 Å². The number of likely N-dealkylation sites (N-methyl/N-ethyl adjacent to an activating group) is 1. The maximum Gasteiger partial charge on any atom is 0.244 e. The van der Waals surface area contributed by atoms with E-state index in [1.807, 2.05) is 26.8 Å². The van der Waals surface area contributed by atoms with Crippen LogP contribution < -0.4 is 5.32 Å². The molecule has 1 fully saturated rings. The summed E-state index contributed by atoms with van der Waals surface area (Å²) in [6.45, 7) is 11.2. The van der Waals surface area contributed by atoms with Crippen LogP contribution in [0.2, 0.25) is 0 Å². The van der Waals surface area contributed by atoms with Gasteiger partial charge >= 0.3 is 0 Å². The van der Waals surface area contributed by atoms with Gasteiger partial charge in [-0.3, -0.25) is 9.69 Å². The summed E-state index contributed by atoms with van der Waals surface area (Å²) in [5.74, 6) is -0.00775. The number of carbonyl (C=O) groups is 1. The molecule has 1 heterocycles. The van der Waals surface area contributed by atoms with Gasteiger partial charge in [0.05, 0.1) is 0 Å². The van der Waals surface area contributed by atoms with Crippen LogP contribution in [0.25, 0.3) is 0 Å². The third-order valence-corrected chi connectivity index (χ3v) is 2.73. The van der Waals surface area contributed by atoms with Crippen molar-refractivity contribution in [1.29, 1.82) is 0 Å². The molecule has 0 aromatic heterocycles. The predicted octanol–water partition coefficient (Wildman–Crippen LogP) is 0.705. The van der Waals surface area contributed by atoms with Crippen molar-refractivity contribution in [2.75, 3.05) is 39.8 Å². The molecular weight excluding hydrogens is 214 g/mol. The Morgan fingerprint density at radius 3 is 2.35 bits per heavy atom. The molecule has 1 N–H and O–H groups in total. The summed E-state index contributed by atoms with van der Waals surface area (Å²) >= 11 is 0. The number of hydrogen-bond donors (Lipinski definition) is 1. The van der Waals surface area contributed by atoms with Crippen LogP contribution in [0.1, 0.15) is 20.8 Å². The van der Waals surface area contributed by atoms with Gasteiger partial charge in [0, 0.05) is 44.3 Å². The zero-order chi connectivity index (χ0) is 12.9. The van der Waals surface area contributed by atoms with Crippen LogP contribution in [0.3, 0.4) is 0 Å². The number of piperazine rings is 1. The van der Waals surface area contributed by atoms with Gasteiger partial charge in [0.25, 0.3) is 0 Å². The van der Waals surface area contributed by atoms with Crippen LogP contribution in [0.4, 0.5) is 0 Å². The molecule has 98 valence electrons. The molecule has 0 bridgehead atoms. The summed E-state index contributed by atoms with van der Waals surface area (Å²) in [5, 5.41) is 2.91. The molecule has 1 aliphatic rings. The monoisotopic (exact) mass is 239 g/mol. The molecule has 0 aliphatic carbocycles. The van der Waals surface area contributed by atoms with Crippen LogP contribution in [0, 0.1) is 0 Å². The molecule has 0 aromatic carbocycles. The molecule has 4 heteroatoms. The molecule has 0 saturated carbocycles. The van der Waals surface area contributed by atoms with Crippen LogP contribution in [0.5, 0.6) is 0 Å². The third kappa shape index (κ3) is 6.44. The predicted molar refractivity (Wildman–Crippen MR) is 71.0 cm³/mol. The Labute approximate surface area is 105 Å². The summed E-state index contributed by atoms with van der Waals surface area (Å²) in [7, 11) is 2.14. The van der Waals surface area contributed by atoms with Gasteiger partial charge in [0.1, 0.15) is 0 Å². The van der Waals surface area contributed by atoms with E-state index >= 15 is 0 Å². The molecule has 0 aromatic rings. The largest absolute Gasteiger partial charge is 0.348 e. The number of hydrogen-bond acceptors (Lipinski definition) is 3. The minimum absolute atomic E-state index is 0.00775. The van der Waals surface area contributed by atoms with Gasteiger partial charge in [-0.2, -0.15) is 0 Å². The minimum Gasteiger partial charge on any atom is -0.348 e. The van der Waals surface area contributed by atoms with Crippen molar-refractivity contribution >= 4 is 5.91 Å². The van der Waals surface area contributed by atoms with Crippen LogP contribution in [-0.2, 0) is 4.79 Å². The zero-order valence-corrected chi connectivity index (χ0v) is 11.5. The Kier molecular flexibility index (Phi) is 5.15. The fourth-order valence-corrected chi connectivity index (χ4v) is 1.75. The summed E-state index contributed by atoms with van der Waals surface area (Å²) in [5.41, 5.74) is -0.157. The Morgan fingerprint density at radius 1 is 1.24 bits per heavy atom. The Morgan fingerprint density at radius 2 is 1.82 bits per heavy atom. The van der Waals surface area contributed by atoms with E-state index in [1.165, 1.54) is 0 Å². The van der Waals surface area contributed by atoms with Crippen LogP contribution in [-0.4, -0.2) is 61.0 Å². The number of nitrogens with one attached hydrogen (secondary N) is 1. The van der Waals surface area contributed by atoms with Gasteiger partial charge in [-0.25, -0.2) is 0 Å². The Hall–Kier alpha value is -0.870. The van der Waals surface area contributed by atoms with Crippen molar-refractivity contribution in [2.45, 2.75) is 26.3 Å². The molecule has 1 amide bonds. The van der Waals surface area contributed by atoms with E-state index in [0.29, 0.717) is 0 Å². The molecule has 1 aliphatic heterocycles. The average Bonchev–Trinajstić information content (AvgIpc) is 2.18. The first-order valence-corrected chi connectivity index (χ1v) is 6.26. The van der Waals surface area contributed by atoms with Gasteiger partial charge in [-0.1, -0.05) is 6.08 Å². The maximum absolute atomic E-state index is 11.5. The van der Waals surface area contributed by atoms with Gasteiger partial charge < -0.3 is 10.2 Å². The quantitative estimate of drug-likeness (QED) is 0.737. The van der Waals surface area contributed by atoms with Crippen LogP contribution >= 0.6 is 0 Å². The van der Waals surface area contributed by atoms with Crippen LogP contribution in [0.15, 0.2) is 12.2 Å². The minimum atomic E-state index is -0.157. The number of carbonyl (C=O) groups excluding carboxylic acids is 1. The lowest BCUT2D eigenvalue weighted by Gasteiger charge is -2.31. The average molecular weight is 239 g/mol. The maximum atomic E-state index is 11.5. The first-order chi connectivity index (χ1) is 7.87. The SMILES string of the molecule is CN1CCN(C/C=C/C(=O)NC(C)(C)C)CC1. The highest BCUT2D eigenvalue weighted by Crippen LogP contribution is 2.00. The molecular formula is C13H25N3O. The topological polar surface area (TPSA) is 35.6 Å². The smallest absolute Gasteiger partial charge is 0.244 e. The lowest BCUT2D eigenvalue weighted by atomic mass is 10.1. The second kappa shape index (κ2) is 6.17. The Balaban J connectivity index is 2.23. The highest BCUT2D eigenvalue weighted by Gasteiger charge is 2.13. The van der Waals surface area contributed by atoms with Gasteiger partial charge in [0.2, 0.25) is 5.91 Å².